The molecule has 1 unspecified atom stereocenters. The Kier molecular flexibility index (Phi) is 12.2. The summed E-state index contributed by atoms with van der Waals surface area (Å²) in [6.07, 6.45) is 2.24. The summed E-state index contributed by atoms with van der Waals surface area (Å²) in [6.45, 7) is 5.96. The number of carboxylic acids is 1. The number of piperidine rings is 1. The third-order valence-electron chi connectivity index (χ3n) is 6.26. The van der Waals surface area contributed by atoms with Gasteiger partial charge in [0.05, 0.1) is 18.5 Å². The number of aliphatic carboxylic acids is 1. The van der Waals surface area contributed by atoms with Gasteiger partial charge in [0.25, 0.3) is 0 Å². The Balaban J connectivity index is 0.000000431. The molecule has 2 heterocycles. The van der Waals surface area contributed by atoms with Crippen molar-refractivity contribution < 1.29 is 24.2 Å². The van der Waals surface area contributed by atoms with Gasteiger partial charge in [-0.05, 0) is 55.5 Å². The van der Waals surface area contributed by atoms with Gasteiger partial charge in [-0.25, -0.2) is 0 Å². The van der Waals surface area contributed by atoms with Crippen molar-refractivity contribution in [1.29, 1.82) is 0 Å². The number of hydrogen-bond donors (Lipinski definition) is 1. The molecule has 0 aromatic heterocycles. The van der Waals surface area contributed by atoms with E-state index in [1.807, 2.05) is 63.2 Å². The van der Waals surface area contributed by atoms with Gasteiger partial charge in [-0.15, -0.1) is 0 Å². The lowest BCUT2D eigenvalue weighted by molar-refractivity contribution is -0.157. The van der Waals surface area contributed by atoms with Gasteiger partial charge < -0.3 is 14.7 Å². The molecule has 2 saturated heterocycles. The Bertz CT molecular complexity index is 983. The Morgan fingerprint density at radius 3 is 2.08 bits per heavy atom. The molecular weight excluding hydrogens is 501 g/mol. The van der Waals surface area contributed by atoms with Crippen molar-refractivity contribution in [2.24, 2.45) is 5.92 Å². The zero-order valence-corrected chi connectivity index (χ0v) is 22.5. The fraction of sp³-hybridized carbons (Fsp3) is 0.464. The molecule has 2 aliphatic heterocycles. The number of benzene rings is 2. The Hall–Kier alpha value is -2.57. The van der Waals surface area contributed by atoms with Crippen molar-refractivity contribution in [2.45, 2.75) is 77.5 Å². The highest BCUT2D eigenvalue weighted by atomic mass is 35.5. The monoisotopic (exact) mass is 535 g/mol. The number of carbonyl (C=O) groups is 3. The lowest BCUT2D eigenvalue weighted by Crippen LogP contribution is -2.53. The largest absolute Gasteiger partial charge is 0.481 e. The number of carboxylic acid groups (broad SMARTS) is 1. The summed E-state index contributed by atoms with van der Waals surface area (Å²) in [5.41, 5.74) is 0.962. The molecule has 6 nitrogen and oxygen atoms in total. The number of esters is 1. The molecule has 1 N–H and O–H groups in total. The maximum absolute atomic E-state index is 13.2. The number of nitrogens with zero attached hydrogens (tertiary/aromatic N) is 1. The minimum Gasteiger partial charge on any atom is -0.481 e. The van der Waals surface area contributed by atoms with Gasteiger partial charge in [0.1, 0.15) is 6.10 Å². The third-order valence-corrected chi connectivity index (χ3v) is 6.76. The first-order valence-electron chi connectivity index (χ1n) is 12.5. The molecule has 0 bridgehead atoms. The fourth-order valence-corrected chi connectivity index (χ4v) is 4.94. The van der Waals surface area contributed by atoms with Crippen LogP contribution in [0.3, 0.4) is 0 Å². The van der Waals surface area contributed by atoms with Gasteiger partial charge in [-0.1, -0.05) is 74.3 Å². The molecule has 0 radical (unpaired) electrons. The van der Waals surface area contributed by atoms with Crippen LogP contribution in [-0.2, 0) is 19.1 Å². The highest BCUT2D eigenvalue weighted by Crippen LogP contribution is 2.40. The molecule has 0 aliphatic carbocycles. The quantitative estimate of drug-likeness (QED) is 0.404. The standard InChI is InChI=1S/C20H24ClNO5.C6H5Cl.C2H6/c1-2-15(17-9-10-19(25)27-17)22-16(12-3-6-14(21)7-4-12)8-5-13(20(22)26)11-18(23)24;7-6-4-2-1-3-5-6;1-2/h3-4,6-7,13,15-17H,2,5,8-11H2,1H3,(H,23,24);1-5H;1-2H3/t13-,15+,16+,17?;;/m1../s1. The minimum absolute atomic E-state index is 0.168. The Labute approximate surface area is 223 Å². The molecule has 2 aromatic rings. The summed E-state index contributed by atoms with van der Waals surface area (Å²) in [6, 6.07) is 16.4. The highest BCUT2D eigenvalue weighted by molar-refractivity contribution is 6.30. The van der Waals surface area contributed by atoms with Crippen molar-refractivity contribution >= 4 is 41.0 Å². The number of hydrogen-bond acceptors (Lipinski definition) is 4. The van der Waals surface area contributed by atoms with E-state index in [4.69, 9.17) is 27.9 Å². The van der Waals surface area contributed by atoms with Crippen LogP contribution in [0.5, 0.6) is 0 Å². The number of amides is 1. The van der Waals surface area contributed by atoms with E-state index >= 15 is 0 Å². The summed E-state index contributed by atoms with van der Waals surface area (Å²) >= 11 is 11.5. The van der Waals surface area contributed by atoms with Crippen molar-refractivity contribution in [3.63, 3.8) is 0 Å². The predicted octanol–water partition coefficient (Wildman–Crippen LogP) is 6.94. The second-order valence-corrected chi connectivity index (χ2v) is 9.40. The molecule has 2 aromatic carbocycles. The lowest BCUT2D eigenvalue weighted by atomic mass is 9.84. The average molecular weight is 536 g/mol. The number of cyclic esters (lactones) is 1. The first-order valence-corrected chi connectivity index (χ1v) is 13.2. The smallest absolute Gasteiger partial charge is 0.306 e. The zero-order chi connectivity index (χ0) is 26.7. The van der Waals surface area contributed by atoms with E-state index < -0.39 is 11.9 Å². The van der Waals surface area contributed by atoms with Crippen LogP contribution in [0.4, 0.5) is 0 Å². The van der Waals surface area contributed by atoms with E-state index in [-0.39, 0.29) is 36.5 Å². The van der Waals surface area contributed by atoms with Crippen molar-refractivity contribution in [3.05, 3.63) is 70.2 Å². The van der Waals surface area contributed by atoms with Crippen LogP contribution in [0.2, 0.25) is 10.0 Å². The highest BCUT2D eigenvalue weighted by Gasteiger charge is 2.44. The van der Waals surface area contributed by atoms with Crippen LogP contribution in [-0.4, -0.2) is 40.0 Å². The van der Waals surface area contributed by atoms with E-state index in [0.29, 0.717) is 37.1 Å². The molecule has 196 valence electrons. The number of likely N-dealkylation sites (tertiary alicyclic amines) is 1. The molecule has 4 atom stereocenters. The molecular formula is C28H35Cl2NO5. The second kappa shape index (κ2) is 14.9. The van der Waals surface area contributed by atoms with E-state index in [9.17, 15) is 19.5 Å². The normalized spacial score (nSPS) is 21.9. The SMILES string of the molecule is CC.CC[C@@H](C1CCC(=O)O1)N1C(=O)[C@@H](CC(=O)O)CC[C@H]1c1ccc(Cl)cc1.Clc1ccccc1. The van der Waals surface area contributed by atoms with Crippen LogP contribution in [0.15, 0.2) is 54.6 Å². The summed E-state index contributed by atoms with van der Waals surface area (Å²) in [5.74, 6) is -1.93. The number of carbonyl (C=O) groups excluding carboxylic acids is 2. The zero-order valence-electron chi connectivity index (χ0n) is 21.0. The van der Waals surface area contributed by atoms with Crippen molar-refractivity contribution in [3.8, 4) is 0 Å². The van der Waals surface area contributed by atoms with Crippen LogP contribution in [0, 0.1) is 5.92 Å². The summed E-state index contributed by atoms with van der Waals surface area (Å²) in [4.78, 5) is 37.8. The molecule has 0 spiro atoms. The third kappa shape index (κ3) is 8.24. The van der Waals surface area contributed by atoms with Crippen LogP contribution in [0.25, 0.3) is 0 Å². The maximum Gasteiger partial charge on any atom is 0.306 e. The molecule has 2 fully saturated rings. The minimum atomic E-state index is -0.974. The summed E-state index contributed by atoms with van der Waals surface area (Å²) in [5, 5.41) is 10.6. The second-order valence-electron chi connectivity index (χ2n) is 8.52. The molecule has 4 rings (SSSR count). The van der Waals surface area contributed by atoms with Gasteiger partial charge >= 0.3 is 11.9 Å². The van der Waals surface area contributed by atoms with Crippen LogP contribution in [0.1, 0.15) is 70.9 Å². The van der Waals surface area contributed by atoms with E-state index in [1.165, 1.54) is 0 Å². The van der Waals surface area contributed by atoms with E-state index in [0.717, 1.165) is 10.6 Å². The molecule has 1 amide bonds. The molecule has 2 aliphatic rings. The molecule has 0 saturated carbocycles. The number of rotatable bonds is 6. The van der Waals surface area contributed by atoms with Gasteiger partial charge in [0.15, 0.2) is 0 Å². The predicted molar refractivity (Wildman–Crippen MR) is 142 cm³/mol. The van der Waals surface area contributed by atoms with Gasteiger partial charge in [0, 0.05) is 22.4 Å². The van der Waals surface area contributed by atoms with Gasteiger partial charge in [-0.3, -0.25) is 14.4 Å². The first kappa shape index (κ1) is 29.7. The van der Waals surface area contributed by atoms with E-state index in [1.54, 1.807) is 17.0 Å². The Morgan fingerprint density at radius 2 is 1.61 bits per heavy atom. The fourth-order valence-electron chi connectivity index (χ4n) is 4.66. The summed E-state index contributed by atoms with van der Waals surface area (Å²) in [7, 11) is 0. The number of ether oxygens (including phenoxy) is 1. The lowest BCUT2D eigenvalue weighted by Gasteiger charge is -2.45. The van der Waals surface area contributed by atoms with E-state index in [2.05, 4.69) is 0 Å². The maximum atomic E-state index is 13.2. The molecule has 8 heteroatoms. The Morgan fingerprint density at radius 1 is 1.00 bits per heavy atom. The van der Waals surface area contributed by atoms with Crippen LogP contribution >= 0.6 is 23.2 Å². The van der Waals surface area contributed by atoms with Crippen molar-refractivity contribution in [1.82, 2.24) is 4.90 Å². The summed E-state index contributed by atoms with van der Waals surface area (Å²) < 4.78 is 5.47. The average Bonchev–Trinajstić information content (AvgIpc) is 3.30. The molecule has 36 heavy (non-hydrogen) atoms. The van der Waals surface area contributed by atoms with Gasteiger partial charge in [-0.2, -0.15) is 0 Å². The van der Waals surface area contributed by atoms with Crippen LogP contribution < -0.4 is 0 Å². The topological polar surface area (TPSA) is 83.9 Å². The van der Waals surface area contributed by atoms with Crippen molar-refractivity contribution in [2.75, 3.05) is 0 Å². The van der Waals surface area contributed by atoms with Gasteiger partial charge in [0.2, 0.25) is 5.91 Å². The first-order chi connectivity index (χ1) is 17.3. The number of halogens is 2.